The summed E-state index contributed by atoms with van der Waals surface area (Å²) >= 11 is 0. The Balaban J connectivity index is 2.20. The van der Waals surface area contributed by atoms with Crippen LogP contribution in [0, 0.1) is 11.8 Å². The van der Waals surface area contributed by atoms with E-state index >= 15 is 0 Å². The highest BCUT2D eigenvalue weighted by molar-refractivity contribution is 4.76. The molecule has 0 spiro atoms. The molecule has 0 bridgehead atoms. The van der Waals surface area contributed by atoms with E-state index in [2.05, 4.69) is 26.1 Å². The molecule has 0 aromatic rings. The first-order valence-corrected chi connectivity index (χ1v) is 7.13. The van der Waals surface area contributed by atoms with E-state index in [9.17, 15) is 5.11 Å². The summed E-state index contributed by atoms with van der Waals surface area (Å²) in [6.07, 6.45) is 5.12. The first-order chi connectivity index (χ1) is 8.17. The summed E-state index contributed by atoms with van der Waals surface area (Å²) in [6.45, 7) is 8.54. The Kier molecular flexibility index (Phi) is 7.09. The number of hydrogen-bond donors (Lipinski definition) is 2. The Morgan fingerprint density at radius 3 is 2.65 bits per heavy atom. The highest BCUT2D eigenvalue weighted by Crippen LogP contribution is 2.30. The molecule has 2 N–H and O–H groups in total. The molecule has 3 nitrogen and oxygen atoms in total. The van der Waals surface area contributed by atoms with Crippen LogP contribution >= 0.6 is 0 Å². The summed E-state index contributed by atoms with van der Waals surface area (Å²) in [5.74, 6) is 1.60. The fourth-order valence-electron chi connectivity index (χ4n) is 2.43. The van der Waals surface area contributed by atoms with E-state index in [0.29, 0.717) is 12.7 Å². The minimum Gasteiger partial charge on any atom is -0.395 e. The highest BCUT2D eigenvalue weighted by atomic mass is 16.5. The molecule has 4 atom stereocenters. The Morgan fingerprint density at radius 2 is 2.06 bits per heavy atom. The normalized spacial score (nSPS) is 31.4. The van der Waals surface area contributed by atoms with Crippen LogP contribution in [-0.2, 0) is 4.74 Å². The number of ether oxygens (including phenoxy) is 1. The Morgan fingerprint density at radius 1 is 1.29 bits per heavy atom. The molecular formula is C14H29NO2. The molecular weight excluding hydrogens is 214 g/mol. The van der Waals surface area contributed by atoms with E-state index in [1.54, 1.807) is 0 Å². The summed E-state index contributed by atoms with van der Waals surface area (Å²) in [4.78, 5) is 0. The quantitative estimate of drug-likeness (QED) is 0.720. The standard InChI is InChI=1S/C14H29NO2/c1-4-7-15-13(9-16)10-17-14-6-5-11(2)12(3)8-14/h11-16H,4-10H2,1-3H3. The first-order valence-electron chi connectivity index (χ1n) is 7.13. The fourth-order valence-corrected chi connectivity index (χ4v) is 2.43. The van der Waals surface area contributed by atoms with E-state index in [4.69, 9.17) is 4.74 Å². The number of aliphatic hydroxyl groups excluding tert-OH is 1. The lowest BCUT2D eigenvalue weighted by Crippen LogP contribution is -2.39. The van der Waals surface area contributed by atoms with Gasteiger partial charge in [-0.2, -0.15) is 0 Å². The lowest BCUT2D eigenvalue weighted by atomic mass is 9.80. The van der Waals surface area contributed by atoms with Gasteiger partial charge in [0.25, 0.3) is 0 Å². The van der Waals surface area contributed by atoms with Gasteiger partial charge >= 0.3 is 0 Å². The van der Waals surface area contributed by atoms with Crippen LogP contribution in [0.5, 0.6) is 0 Å². The van der Waals surface area contributed by atoms with Crippen molar-refractivity contribution in [1.82, 2.24) is 5.32 Å². The van der Waals surface area contributed by atoms with E-state index in [-0.39, 0.29) is 12.6 Å². The molecule has 0 heterocycles. The van der Waals surface area contributed by atoms with E-state index in [1.165, 1.54) is 19.3 Å². The highest BCUT2D eigenvalue weighted by Gasteiger charge is 2.25. The zero-order valence-electron chi connectivity index (χ0n) is 11.6. The Labute approximate surface area is 106 Å². The minimum absolute atomic E-state index is 0.101. The van der Waals surface area contributed by atoms with Gasteiger partial charge in [-0.25, -0.2) is 0 Å². The zero-order chi connectivity index (χ0) is 12.7. The minimum atomic E-state index is 0.101. The van der Waals surface area contributed by atoms with Gasteiger partial charge in [0.2, 0.25) is 0 Å². The maximum absolute atomic E-state index is 9.23. The van der Waals surface area contributed by atoms with Gasteiger partial charge in [-0.15, -0.1) is 0 Å². The van der Waals surface area contributed by atoms with E-state index in [1.807, 2.05) is 0 Å². The molecule has 0 radical (unpaired) electrons. The van der Waals surface area contributed by atoms with Gasteiger partial charge in [0, 0.05) is 0 Å². The largest absolute Gasteiger partial charge is 0.395 e. The Hall–Kier alpha value is -0.120. The average Bonchev–Trinajstić information content (AvgIpc) is 2.34. The molecule has 0 aromatic heterocycles. The lowest BCUT2D eigenvalue weighted by Gasteiger charge is -2.32. The number of nitrogens with one attached hydrogen (secondary N) is 1. The average molecular weight is 243 g/mol. The second-order valence-electron chi connectivity index (χ2n) is 5.56. The number of aliphatic hydroxyl groups is 1. The van der Waals surface area contributed by atoms with Crippen molar-refractivity contribution in [2.45, 2.75) is 58.6 Å². The van der Waals surface area contributed by atoms with Gasteiger partial charge < -0.3 is 15.2 Å². The Bertz CT molecular complexity index is 199. The zero-order valence-corrected chi connectivity index (χ0v) is 11.6. The van der Waals surface area contributed by atoms with Crippen LogP contribution in [0.25, 0.3) is 0 Å². The molecule has 0 aromatic carbocycles. The van der Waals surface area contributed by atoms with Crippen molar-refractivity contribution in [1.29, 1.82) is 0 Å². The molecule has 17 heavy (non-hydrogen) atoms. The summed E-state index contributed by atoms with van der Waals surface area (Å²) in [5, 5.41) is 12.5. The molecule has 1 aliphatic rings. The van der Waals surface area contributed by atoms with Gasteiger partial charge in [-0.1, -0.05) is 20.8 Å². The smallest absolute Gasteiger partial charge is 0.0645 e. The molecule has 102 valence electrons. The van der Waals surface area contributed by atoms with E-state index in [0.717, 1.165) is 24.8 Å². The van der Waals surface area contributed by atoms with Crippen molar-refractivity contribution in [3.05, 3.63) is 0 Å². The molecule has 1 aliphatic carbocycles. The van der Waals surface area contributed by atoms with Crippen LogP contribution in [0.4, 0.5) is 0 Å². The van der Waals surface area contributed by atoms with Gasteiger partial charge in [0.05, 0.1) is 25.4 Å². The molecule has 4 unspecified atom stereocenters. The second-order valence-corrected chi connectivity index (χ2v) is 5.56. The molecule has 0 aliphatic heterocycles. The van der Waals surface area contributed by atoms with Crippen LogP contribution in [0.3, 0.4) is 0 Å². The number of hydrogen-bond acceptors (Lipinski definition) is 3. The van der Waals surface area contributed by atoms with Crippen molar-refractivity contribution >= 4 is 0 Å². The topological polar surface area (TPSA) is 41.5 Å². The lowest BCUT2D eigenvalue weighted by molar-refractivity contribution is -0.0135. The van der Waals surface area contributed by atoms with Crippen LogP contribution < -0.4 is 5.32 Å². The summed E-state index contributed by atoms with van der Waals surface area (Å²) in [6, 6.07) is 0.101. The van der Waals surface area contributed by atoms with Gasteiger partial charge in [-0.05, 0) is 44.1 Å². The SMILES string of the molecule is CCCNC(CO)COC1CCC(C)C(C)C1. The molecule has 3 heteroatoms. The molecule has 1 saturated carbocycles. The maximum Gasteiger partial charge on any atom is 0.0645 e. The van der Waals surface area contributed by atoms with Crippen molar-refractivity contribution in [2.75, 3.05) is 19.8 Å². The summed E-state index contributed by atoms with van der Waals surface area (Å²) < 4.78 is 5.93. The van der Waals surface area contributed by atoms with E-state index < -0.39 is 0 Å². The van der Waals surface area contributed by atoms with Crippen molar-refractivity contribution in [3.8, 4) is 0 Å². The molecule has 1 fully saturated rings. The monoisotopic (exact) mass is 243 g/mol. The molecule has 0 amide bonds. The van der Waals surface area contributed by atoms with Gasteiger partial charge in [0.1, 0.15) is 0 Å². The molecule has 0 saturated heterocycles. The second kappa shape index (κ2) is 8.06. The molecule has 1 rings (SSSR count). The fraction of sp³-hybridized carbons (Fsp3) is 1.00. The van der Waals surface area contributed by atoms with Crippen molar-refractivity contribution in [2.24, 2.45) is 11.8 Å². The first kappa shape index (κ1) is 14.9. The van der Waals surface area contributed by atoms with Gasteiger partial charge in [-0.3, -0.25) is 0 Å². The summed E-state index contributed by atoms with van der Waals surface area (Å²) in [5.41, 5.74) is 0. The summed E-state index contributed by atoms with van der Waals surface area (Å²) in [7, 11) is 0. The van der Waals surface area contributed by atoms with Crippen LogP contribution in [-0.4, -0.2) is 37.0 Å². The predicted octanol–water partition coefficient (Wildman–Crippen LogP) is 2.19. The van der Waals surface area contributed by atoms with Crippen LogP contribution in [0.1, 0.15) is 46.5 Å². The maximum atomic E-state index is 9.23. The van der Waals surface area contributed by atoms with Crippen LogP contribution in [0.2, 0.25) is 0 Å². The van der Waals surface area contributed by atoms with Gasteiger partial charge in [0.15, 0.2) is 0 Å². The van der Waals surface area contributed by atoms with Crippen molar-refractivity contribution in [3.63, 3.8) is 0 Å². The van der Waals surface area contributed by atoms with Crippen LogP contribution in [0.15, 0.2) is 0 Å². The number of rotatable bonds is 7. The predicted molar refractivity (Wildman–Crippen MR) is 71.1 cm³/mol. The van der Waals surface area contributed by atoms with Crippen molar-refractivity contribution < 1.29 is 9.84 Å². The third-order valence-corrected chi connectivity index (χ3v) is 3.99. The third kappa shape index (κ3) is 5.36. The third-order valence-electron chi connectivity index (χ3n) is 3.99.